The third kappa shape index (κ3) is 2.31. The van der Waals surface area contributed by atoms with Crippen molar-refractivity contribution >= 4 is 22.7 Å². The molecule has 2 rings (SSSR count). The lowest BCUT2D eigenvalue weighted by atomic mass is 10.3. The number of aromatic amines is 1. The topological polar surface area (TPSA) is 15.8 Å². The van der Waals surface area contributed by atoms with Crippen molar-refractivity contribution in [3.8, 4) is 0 Å². The fourth-order valence-corrected chi connectivity index (χ4v) is 0.995. The van der Waals surface area contributed by atoms with Crippen LogP contribution in [0.15, 0.2) is 36.5 Å². The van der Waals surface area contributed by atoms with E-state index in [2.05, 4.69) is 23.2 Å². The zero-order valence-electron chi connectivity index (χ0n) is 7.37. The van der Waals surface area contributed by atoms with Crippen molar-refractivity contribution in [2.24, 2.45) is 0 Å². The molecule has 1 heterocycles. The lowest BCUT2D eigenvalue weighted by Gasteiger charge is -1.83. The first-order valence-corrected chi connectivity index (χ1v) is 5.44. The molecule has 2 heteroatoms. The van der Waals surface area contributed by atoms with E-state index in [1.165, 1.54) is 10.9 Å². The number of thioether (sulfide) groups is 1. The Kier molecular flexibility index (Phi) is 3.74. The highest BCUT2D eigenvalue weighted by Crippen LogP contribution is 2.09. The van der Waals surface area contributed by atoms with Gasteiger partial charge in [0.1, 0.15) is 0 Å². The lowest BCUT2D eigenvalue weighted by molar-refractivity contribution is 1.48. The molecule has 2 aromatic rings. The lowest BCUT2D eigenvalue weighted by Crippen LogP contribution is -1.61. The van der Waals surface area contributed by atoms with Gasteiger partial charge in [-0.15, -0.1) is 0 Å². The summed E-state index contributed by atoms with van der Waals surface area (Å²) in [6, 6.07) is 10.3. The number of hydrogen-bond acceptors (Lipinski definition) is 1. The SMILES string of the molecule is CSC.c1ccc2[nH]ccc2c1. The Hall–Kier alpha value is -0.890. The Bertz CT molecular complexity index is 297. The molecule has 0 saturated heterocycles. The first-order chi connectivity index (χ1) is 5.88. The summed E-state index contributed by atoms with van der Waals surface area (Å²) in [6.45, 7) is 0. The first kappa shape index (κ1) is 9.20. The zero-order valence-corrected chi connectivity index (χ0v) is 8.19. The van der Waals surface area contributed by atoms with E-state index < -0.39 is 0 Å². The Morgan fingerprint density at radius 2 is 1.75 bits per heavy atom. The highest BCUT2D eigenvalue weighted by molar-refractivity contribution is 7.97. The van der Waals surface area contributed by atoms with Gasteiger partial charge in [-0.1, -0.05) is 18.2 Å². The van der Waals surface area contributed by atoms with E-state index in [1.54, 1.807) is 11.8 Å². The van der Waals surface area contributed by atoms with E-state index in [0.717, 1.165) is 0 Å². The maximum absolute atomic E-state index is 3.12. The second kappa shape index (κ2) is 4.88. The van der Waals surface area contributed by atoms with Crippen LogP contribution in [0, 0.1) is 0 Å². The number of rotatable bonds is 0. The maximum Gasteiger partial charge on any atom is 0.0453 e. The molecule has 0 radical (unpaired) electrons. The highest BCUT2D eigenvalue weighted by atomic mass is 32.2. The molecule has 0 aliphatic carbocycles. The molecular formula is C10H13NS. The number of H-pyrrole nitrogens is 1. The molecule has 64 valence electrons. The Morgan fingerprint density at radius 1 is 1.08 bits per heavy atom. The standard InChI is InChI=1S/C8H7N.C2H6S/c1-2-4-8-7(3-1)5-6-9-8;1-3-2/h1-6,9H;1-2H3. The minimum absolute atomic E-state index is 1.21. The van der Waals surface area contributed by atoms with Crippen LogP contribution in [-0.2, 0) is 0 Å². The van der Waals surface area contributed by atoms with Crippen LogP contribution in [0.2, 0.25) is 0 Å². The van der Waals surface area contributed by atoms with Gasteiger partial charge in [0.05, 0.1) is 0 Å². The third-order valence-electron chi connectivity index (χ3n) is 1.46. The van der Waals surface area contributed by atoms with E-state index in [1.807, 2.05) is 30.8 Å². The molecule has 1 N–H and O–H groups in total. The Labute approximate surface area is 77.2 Å². The minimum atomic E-state index is 1.21. The van der Waals surface area contributed by atoms with Gasteiger partial charge in [0.15, 0.2) is 0 Å². The van der Waals surface area contributed by atoms with Crippen molar-refractivity contribution in [3.63, 3.8) is 0 Å². The van der Waals surface area contributed by atoms with Gasteiger partial charge in [-0.25, -0.2) is 0 Å². The average molecular weight is 179 g/mol. The Balaban J connectivity index is 0.000000213. The van der Waals surface area contributed by atoms with Gasteiger partial charge in [-0.2, -0.15) is 11.8 Å². The van der Waals surface area contributed by atoms with Crippen molar-refractivity contribution in [1.82, 2.24) is 4.98 Å². The molecule has 1 aromatic carbocycles. The molecule has 0 amide bonds. The van der Waals surface area contributed by atoms with Crippen molar-refractivity contribution in [2.45, 2.75) is 0 Å². The second-order valence-electron chi connectivity index (χ2n) is 2.47. The van der Waals surface area contributed by atoms with Crippen LogP contribution in [0.5, 0.6) is 0 Å². The fourth-order valence-electron chi connectivity index (χ4n) is 0.995. The van der Waals surface area contributed by atoms with Gasteiger partial charge < -0.3 is 4.98 Å². The van der Waals surface area contributed by atoms with Crippen LogP contribution < -0.4 is 0 Å². The van der Waals surface area contributed by atoms with Crippen LogP contribution in [-0.4, -0.2) is 17.5 Å². The smallest absolute Gasteiger partial charge is 0.0453 e. The highest BCUT2D eigenvalue weighted by Gasteiger charge is 1.86. The summed E-state index contributed by atoms with van der Waals surface area (Å²) < 4.78 is 0. The van der Waals surface area contributed by atoms with Crippen LogP contribution in [0.1, 0.15) is 0 Å². The molecule has 0 spiro atoms. The first-order valence-electron chi connectivity index (χ1n) is 3.80. The van der Waals surface area contributed by atoms with Gasteiger partial charge in [-0.05, 0) is 30.0 Å². The van der Waals surface area contributed by atoms with Crippen LogP contribution in [0.4, 0.5) is 0 Å². The largest absolute Gasteiger partial charge is 0.361 e. The van der Waals surface area contributed by atoms with E-state index in [-0.39, 0.29) is 0 Å². The van der Waals surface area contributed by atoms with Crippen molar-refractivity contribution < 1.29 is 0 Å². The van der Waals surface area contributed by atoms with Crippen molar-refractivity contribution in [2.75, 3.05) is 12.5 Å². The maximum atomic E-state index is 3.12. The minimum Gasteiger partial charge on any atom is -0.361 e. The molecule has 0 saturated carbocycles. The zero-order chi connectivity index (χ0) is 8.81. The molecule has 1 nitrogen and oxygen atoms in total. The molecule has 0 aliphatic heterocycles. The monoisotopic (exact) mass is 179 g/mol. The summed E-state index contributed by atoms with van der Waals surface area (Å²) in [5.74, 6) is 0. The normalized spacial score (nSPS) is 9.17. The van der Waals surface area contributed by atoms with Crippen molar-refractivity contribution in [3.05, 3.63) is 36.5 Å². The Morgan fingerprint density at radius 3 is 2.42 bits per heavy atom. The molecule has 0 fully saturated rings. The van der Waals surface area contributed by atoms with Gasteiger partial charge in [0, 0.05) is 11.7 Å². The second-order valence-corrected chi connectivity index (χ2v) is 3.29. The molecule has 1 aromatic heterocycles. The quantitative estimate of drug-likeness (QED) is 0.657. The molecule has 0 atom stereocenters. The van der Waals surface area contributed by atoms with Gasteiger partial charge in [0.25, 0.3) is 0 Å². The average Bonchev–Trinajstić information content (AvgIpc) is 2.52. The predicted molar refractivity (Wildman–Crippen MR) is 57.7 cm³/mol. The molecule has 0 bridgehead atoms. The fraction of sp³-hybridized carbons (Fsp3) is 0.200. The summed E-state index contributed by atoms with van der Waals surface area (Å²) >= 11 is 1.75. The van der Waals surface area contributed by atoms with E-state index in [9.17, 15) is 0 Å². The summed E-state index contributed by atoms with van der Waals surface area (Å²) in [5, 5.41) is 1.28. The molecular weight excluding hydrogens is 166 g/mol. The number of aromatic nitrogens is 1. The number of hydrogen-bond donors (Lipinski definition) is 1. The van der Waals surface area contributed by atoms with Gasteiger partial charge >= 0.3 is 0 Å². The molecule has 12 heavy (non-hydrogen) atoms. The number of benzene rings is 1. The van der Waals surface area contributed by atoms with E-state index in [4.69, 9.17) is 0 Å². The predicted octanol–water partition coefficient (Wildman–Crippen LogP) is 3.15. The van der Waals surface area contributed by atoms with Crippen molar-refractivity contribution in [1.29, 1.82) is 0 Å². The van der Waals surface area contributed by atoms with E-state index in [0.29, 0.717) is 0 Å². The van der Waals surface area contributed by atoms with Gasteiger partial charge in [0.2, 0.25) is 0 Å². The molecule has 0 aliphatic rings. The number of fused-ring (bicyclic) bond motifs is 1. The summed E-state index contributed by atoms with van der Waals surface area (Å²) in [6.07, 6.45) is 6.03. The van der Waals surface area contributed by atoms with Crippen LogP contribution in [0.3, 0.4) is 0 Å². The van der Waals surface area contributed by atoms with Crippen LogP contribution in [0.25, 0.3) is 10.9 Å². The third-order valence-corrected chi connectivity index (χ3v) is 1.46. The van der Waals surface area contributed by atoms with Gasteiger partial charge in [-0.3, -0.25) is 0 Å². The summed E-state index contributed by atoms with van der Waals surface area (Å²) in [7, 11) is 0. The van der Waals surface area contributed by atoms with Crippen LogP contribution >= 0.6 is 11.8 Å². The number of para-hydroxylation sites is 1. The van der Waals surface area contributed by atoms with E-state index >= 15 is 0 Å². The number of nitrogens with one attached hydrogen (secondary N) is 1. The summed E-state index contributed by atoms with van der Waals surface area (Å²) in [4.78, 5) is 3.12. The molecule has 0 unspecified atom stereocenters. The summed E-state index contributed by atoms with van der Waals surface area (Å²) in [5.41, 5.74) is 1.21.